The molecule has 98 valence electrons. The molecule has 1 aliphatic heterocycles. The van der Waals surface area contributed by atoms with Gasteiger partial charge in [0, 0.05) is 16.6 Å². The van der Waals surface area contributed by atoms with Crippen LogP contribution in [0.5, 0.6) is 0 Å². The summed E-state index contributed by atoms with van der Waals surface area (Å²) in [7, 11) is 0. The molecule has 17 heavy (non-hydrogen) atoms. The van der Waals surface area contributed by atoms with Gasteiger partial charge in [-0.05, 0) is 57.4 Å². The minimum Gasteiger partial charge on any atom is -0.598 e. The van der Waals surface area contributed by atoms with Crippen molar-refractivity contribution in [3.05, 3.63) is 11.0 Å². The van der Waals surface area contributed by atoms with Gasteiger partial charge in [0.1, 0.15) is 4.75 Å². The van der Waals surface area contributed by atoms with E-state index in [1.165, 1.54) is 12.0 Å². The van der Waals surface area contributed by atoms with E-state index in [0.29, 0.717) is 5.25 Å². The highest BCUT2D eigenvalue weighted by Gasteiger charge is 2.47. The summed E-state index contributed by atoms with van der Waals surface area (Å²) in [5.74, 6) is 0. The van der Waals surface area contributed by atoms with Crippen LogP contribution in [0.2, 0.25) is 0 Å². The molecule has 2 aliphatic rings. The zero-order valence-electron chi connectivity index (χ0n) is 11.2. The van der Waals surface area contributed by atoms with Crippen LogP contribution >= 0.6 is 11.8 Å². The maximum Gasteiger partial charge on any atom is 0.136 e. The second kappa shape index (κ2) is 4.80. The Hall–Kier alpha value is 0.360. The lowest BCUT2D eigenvalue weighted by Crippen LogP contribution is -2.58. The van der Waals surface area contributed by atoms with Crippen LogP contribution in [0.1, 0.15) is 53.4 Å². The second-order valence-electron chi connectivity index (χ2n) is 6.21. The molecule has 0 aromatic rings. The molecule has 2 unspecified atom stereocenters. The molecular formula is C13H23NOS2. The van der Waals surface area contributed by atoms with Gasteiger partial charge in [-0.15, -0.1) is 16.5 Å². The molecule has 0 amide bonds. The minimum atomic E-state index is -0.963. The van der Waals surface area contributed by atoms with E-state index in [4.69, 9.17) is 0 Å². The van der Waals surface area contributed by atoms with Crippen LogP contribution in [0.3, 0.4) is 0 Å². The molecule has 2 rings (SSSR count). The molecule has 0 aromatic heterocycles. The third kappa shape index (κ3) is 2.86. The molecule has 0 spiro atoms. The molecule has 1 saturated carbocycles. The lowest BCUT2D eigenvalue weighted by Gasteiger charge is -2.44. The van der Waals surface area contributed by atoms with E-state index in [0.717, 1.165) is 19.3 Å². The van der Waals surface area contributed by atoms with Crippen LogP contribution in [-0.4, -0.2) is 20.1 Å². The summed E-state index contributed by atoms with van der Waals surface area (Å²) in [6.07, 6.45) is 4.70. The summed E-state index contributed by atoms with van der Waals surface area (Å²) >= 11 is 0.952. The van der Waals surface area contributed by atoms with Crippen LogP contribution in [0.15, 0.2) is 11.0 Å². The van der Waals surface area contributed by atoms with E-state index in [9.17, 15) is 4.55 Å². The van der Waals surface area contributed by atoms with E-state index in [-0.39, 0.29) is 10.3 Å². The van der Waals surface area contributed by atoms with Crippen molar-refractivity contribution >= 4 is 23.1 Å². The van der Waals surface area contributed by atoms with Gasteiger partial charge in [0.25, 0.3) is 0 Å². The fourth-order valence-corrected chi connectivity index (χ4v) is 4.25. The fourth-order valence-electron chi connectivity index (χ4n) is 2.26. The van der Waals surface area contributed by atoms with Crippen molar-refractivity contribution in [2.24, 2.45) is 0 Å². The monoisotopic (exact) mass is 273 g/mol. The number of thioether (sulfide) groups is 1. The summed E-state index contributed by atoms with van der Waals surface area (Å²) in [6.45, 7) is 8.36. The Morgan fingerprint density at radius 2 is 2.12 bits per heavy atom. The molecular weight excluding hydrogens is 250 g/mol. The molecule has 1 fully saturated rings. The predicted octanol–water partition coefficient (Wildman–Crippen LogP) is 3.37. The van der Waals surface area contributed by atoms with E-state index < -0.39 is 11.4 Å². The third-order valence-electron chi connectivity index (χ3n) is 3.62. The Bertz CT molecular complexity index is 318. The van der Waals surface area contributed by atoms with Gasteiger partial charge >= 0.3 is 0 Å². The summed E-state index contributed by atoms with van der Waals surface area (Å²) < 4.78 is 15.5. The van der Waals surface area contributed by atoms with Gasteiger partial charge in [0.05, 0.1) is 5.54 Å². The van der Waals surface area contributed by atoms with Gasteiger partial charge in [-0.1, -0.05) is 6.92 Å². The summed E-state index contributed by atoms with van der Waals surface area (Å²) in [4.78, 5) is 0. The van der Waals surface area contributed by atoms with Crippen molar-refractivity contribution in [3.63, 3.8) is 0 Å². The molecule has 2 atom stereocenters. The normalized spacial score (nSPS) is 29.7. The predicted molar refractivity (Wildman–Crippen MR) is 77.4 cm³/mol. The lowest BCUT2D eigenvalue weighted by atomic mass is 9.71. The molecule has 1 aliphatic carbocycles. The van der Waals surface area contributed by atoms with E-state index in [1.807, 2.05) is 32.5 Å². The van der Waals surface area contributed by atoms with Gasteiger partial charge in [-0.3, -0.25) is 0 Å². The van der Waals surface area contributed by atoms with Crippen molar-refractivity contribution < 1.29 is 4.55 Å². The standard InChI is InChI=1S/C13H23NOS2/c1-10-8-11(9-16-10)13(6-5-7-13)14-17(15)12(2,3)4/h9-10,14H,5-8H2,1-4H3. The van der Waals surface area contributed by atoms with Gasteiger partial charge in [0.2, 0.25) is 0 Å². The van der Waals surface area contributed by atoms with Crippen LogP contribution in [0.25, 0.3) is 0 Å². The first-order valence-corrected chi connectivity index (χ1v) is 8.47. The van der Waals surface area contributed by atoms with Gasteiger partial charge < -0.3 is 4.55 Å². The first-order valence-electron chi connectivity index (χ1n) is 6.38. The quantitative estimate of drug-likeness (QED) is 0.801. The Morgan fingerprint density at radius 3 is 2.47 bits per heavy atom. The molecule has 2 nitrogen and oxygen atoms in total. The highest BCUT2D eigenvalue weighted by molar-refractivity contribution is 8.03. The average Bonchev–Trinajstić information content (AvgIpc) is 2.56. The van der Waals surface area contributed by atoms with Crippen LogP contribution in [0, 0.1) is 0 Å². The second-order valence-corrected chi connectivity index (χ2v) is 9.49. The zero-order valence-corrected chi connectivity index (χ0v) is 12.8. The van der Waals surface area contributed by atoms with Crippen molar-refractivity contribution in [1.82, 2.24) is 4.72 Å². The largest absolute Gasteiger partial charge is 0.598 e. The maximum atomic E-state index is 12.3. The van der Waals surface area contributed by atoms with Crippen molar-refractivity contribution in [2.45, 2.75) is 68.9 Å². The molecule has 0 radical (unpaired) electrons. The highest BCUT2D eigenvalue weighted by Crippen LogP contribution is 2.46. The average molecular weight is 273 g/mol. The number of nitrogens with one attached hydrogen (secondary N) is 1. The highest BCUT2D eigenvalue weighted by atomic mass is 32.2. The lowest BCUT2D eigenvalue weighted by molar-refractivity contribution is 0.261. The van der Waals surface area contributed by atoms with Gasteiger partial charge in [0.15, 0.2) is 0 Å². The number of rotatable bonds is 3. The number of hydrogen-bond donors (Lipinski definition) is 1. The molecule has 1 N–H and O–H groups in total. The van der Waals surface area contributed by atoms with Crippen LogP contribution in [0.4, 0.5) is 0 Å². The zero-order chi connectivity index (χ0) is 12.7. The molecule has 0 bridgehead atoms. The van der Waals surface area contributed by atoms with E-state index in [2.05, 4.69) is 17.1 Å². The van der Waals surface area contributed by atoms with Crippen LogP contribution < -0.4 is 4.72 Å². The summed E-state index contributed by atoms with van der Waals surface area (Å²) in [5.41, 5.74) is 1.54. The van der Waals surface area contributed by atoms with Gasteiger partial charge in [-0.25, -0.2) is 0 Å². The maximum absolute atomic E-state index is 12.3. The van der Waals surface area contributed by atoms with E-state index >= 15 is 0 Å². The fraction of sp³-hybridized carbons (Fsp3) is 0.846. The Labute approximate surface area is 112 Å². The van der Waals surface area contributed by atoms with Crippen molar-refractivity contribution in [1.29, 1.82) is 0 Å². The smallest absolute Gasteiger partial charge is 0.136 e. The third-order valence-corrected chi connectivity index (χ3v) is 6.36. The first-order chi connectivity index (χ1) is 7.83. The van der Waals surface area contributed by atoms with Gasteiger partial charge in [-0.2, -0.15) is 0 Å². The first kappa shape index (κ1) is 13.8. The Morgan fingerprint density at radius 1 is 1.47 bits per heavy atom. The van der Waals surface area contributed by atoms with E-state index in [1.54, 1.807) is 0 Å². The molecule has 4 heteroatoms. The summed E-state index contributed by atoms with van der Waals surface area (Å²) in [6, 6.07) is 0. The van der Waals surface area contributed by atoms with Crippen LogP contribution in [-0.2, 0) is 11.4 Å². The molecule has 0 saturated heterocycles. The number of hydrogen-bond acceptors (Lipinski definition) is 3. The molecule has 0 aromatic carbocycles. The minimum absolute atomic E-state index is 0.0515. The Kier molecular flexibility index (Phi) is 3.89. The Balaban J connectivity index is 2.06. The van der Waals surface area contributed by atoms with Crippen molar-refractivity contribution in [2.75, 3.05) is 0 Å². The molecule has 1 heterocycles. The topological polar surface area (TPSA) is 35.1 Å². The van der Waals surface area contributed by atoms with Crippen molar-refractivity contribution in [3.8, 4) is 0 Å². The SMILES string of the molecule is CC1CC(C2(N[S+]([O-])C(C)(C)C)CCC2)=CS1. The summed E-state index contributed by atoms with van der Waals surface area (Å²) in [5, 5.41) is 2.99.